The maximum atomic E-state index is 12.7. The minimum absolute atomic E-state index is 0.286. The van der Waals surface area contributed by atoms with Gasteiger partial charge in [-0.2, -0.15) is 0 Å². The third-order valence-electron chi connectivity index (χ3n) is 2.39. The second-order valence-corrected chi connectivity index (χ2v) is 4.32. The fourth-order valence-corrected chi connectivity index (χ4v) is 1.70. The van der Waals surface area contributed by atoms with Crippen LogP contribution in [0.5, 0.6) is 0 Å². The molecule has 4 heteroatoms. The SMILES string of the molecule is O=C(/C=C/c1cccc(Cl)c1)Nc1ccc(F)cc1. The van der Waals surface area contributed by atoms with Crippen molar-refractivity contribution in [2.75, 3.05) is 5.32 Å². The number of benzene rings is 2. The van der Waals surface area contributed by atoms with Crippen LogP contribution in [-0.2, 0) is 4.79 Å². The van der Waals surface area contributed by atoms with E-state index < -0.39 is 0 Å². The maximum Gasteiger partial charge on any atom is 0.248 e. The van der Waals surface area contributed by atoms with E-state index in [4.69, 9.17) is 11.6 Å². The molecule has 0 radical (unpaired) electrons. The van der Waals surface area contributed by atoms with Crippen molar-refractivity contribution in [2.24, 2.45) is 0 Å². The number of carbonyl (C=O) groups excluding carboxylic acids is 1. The third-order valence-corrected chi connectivity index (χ3v) is 2.62. The van der Waals surface area contributed by atoms with Gasteiger partial charge in [0.2, 0.25) is 5.91 Å². The molecular formula is C15H11ClFNO. The summed E-state index contributed by atoms with van der Waals surface area (Å²) in [7, 11) is 0. The van der Waals surface area contributed by atoms with E-state index in [-0.39, 0.29) is 11.7 Å². The molecule has 0 unspecified atom stereocenters. The lowest BCUT2D eigenvalue weighted by molar-refractivity contribution is -0.111. The van der Waals surface area contributed by atoms with Crippen LogP contribution in [0.4, 0.5) is 10.1 Å². The molecule has 0 aliphatic carbocycles. The van der Waals surface area contributed by atoms with E-state index in [1.165, 1.54) is 30.3 Å². The van der Waals surface area contributed by atoms with E-state index in [1.807, 2.05) is 6.07 Å². The Kier molecular flexibility index (Phi) is 4.31. The topological polar surface area (TPSA) is 29.1 Å². The van der Waals surface area contributed by atoms with Gasteiger partial charge in [0.1, 0.15) is 5.82 Å². The summed E-state index contributed by atoms with van der Waals surface area (Å²) in [6, 6.07) is 12.7. The Morgan fingerprint density at radius 2 is 1.89 bits per heavy atom. The van der Waals surface area contributed by atoms with Gasteiger partial charge in [0.05, 0.1) is 0 Å². The zero-order valence-electron chi connectivity index (χ0n) is 9.94. The average Bonchev–Trinajstić information content (AvgIpc) is 2.39. The largest absolute Gasteiger partial charge is 0.323 e. The van der Waals surface area contributed by atoms with Crippen LogP contribution in [-0.4, -0.2) is 5.91 Å². The molecule has 0 fully saturated rings. The Labute approximate surface area is 115 Å². The number of halogens is 2. The standard InChI is InChI=1S/C15H11ClFNO/c16-12-3-1-2-11(10-12)4-9-15(19)18-14-7-5-13(17)6-8-14/h1-10H,(H,18,19)/b9-4+. The molecule has 0 saturated carbocycles. The molecule has 2 rings (SSSR count). The van der Waals surface area contributed by atoms with Crippen molar-refractivity contribution in [1.82, 2.24) is 0 Å². The number of hydrogen-bond acceptors (Lipinski definition) is 1. The van der Waals surface area contributed by atoms with E-state index in [2.05, 4.69) is 5.32 Å². The second kappa shape index (κ2) is 6.16. The van der Waals surface area contributed by atoms with Crippen LogP contribution < -0.4 is 5.32 Å². The highest BCUT2D eigenvalue weighted by Gasteiger charge is 1.98. The van der Waals surface area contributed by atoms with Crippen molar-refractivity contribution in [3.05, 3.63) is 71.0 Å². The quantitative estimate of drug-likeness (QED) is 0.839. The van der Waals surface area contributed by atoms with Gasteiger partial charge >= 0.3 is 0 Å². The Hall–Kier alpha value is -2.13. The van der Waals surface area contributed by atoms with E-state index in [0.29, 0.717) is 10.7 Å². The summed E-state index contributed by atoms with van der Waals surface area (Å²) in [6.45, 7) is 0. The van der Waals surface area contributed by atoms with E-state index in [1.54, 1.807) is 24.3 Å². The van der Waals surface area contributed by atoms with Crippen LogP contribution in [0.3, 0.4) is 0 Å². The van der Waals surface area contributed by atoms with Gasteiger partial charge in [-0.05, 0) is 48.0 Å². The van der Waals surface area contributed by atoms with Crippen molar-refractivity contribution in [3.63, 3.8) is 0 Å². The molecule has 0 aromatic heterocycles. The lowest BCUT2D eigenvalue weighted by atomic mass is 10.2. The molecule has 0 aliphatic heterocycles. The predicted octanol–water partition coefficient (Wildman–Crippen LogP) is 4.13. The number of rotatable bonds is 3. The van der Waals surface area contributed by atoms with Crippen LogP contribution in [0.15, 0.2) is 54.6 Å². The van der Waals surface area contributed by atoms with Gasteiger partial charge < -0.3 is 5.32 Å². The molecule has 96 valence electrons. The molecule has 0 atom stereocenters. The second-order valence-electron chi connectivity index (χ2n) is 3.88. The molecule has 2 aromatic rings. The first-order valence-electron chi connectivity index (χ1n) is 5.64. The fourth-order valence-electron chi connectivity index (χ4n) is 1.50. The molecule has 19 heavy (non-hydrogen) atoms. The minimum atomic E-state index is -0.340. The zero-order valence-corrected chi connectivity index (χ0v) is 10.7. The summed E-state index contributed by atoms with van der Waals surface area (Å²) in [4.78, 5) is 11.6. The van der Waals surface area contributed by atoms with Crippen molar-refractivity contribution in [3.8, 4) is 0 Å². The first kappa shape index (κ1) is 13.3. The summed E-state index contributed by atoms with van der Waals surface area (Å²) in [6.07, 6.45) is 3.06. The third kappa shape index (κ3) is 4.23. The van der Waals surface area contributed by atoms with Gasteiger partial charge in [0.15, 0.2) is 0 Å². The Morgan fingerprint density at radius 1 is 1.16 bits per heavy atom. The number of carbonyl (C=O) groups is 1. The monoisotopic (exact) mass is 275 g/mol. The highest BCUT2D eigenvalue weighted by Crippen LogP contribution is 2.12. The van der Waals surface area contributed by atoms with Crippen LogP contribution in [0.25, 0.3) is 6.08 Å². The maximum absolute atomic E-state index is 12.7. The van der Waals surface area contributed by atoms with Crippen molar-refractivity contribution in [2.45, 2.75) is 0 Å². The van der Waals surface area contributed by atoms with Gasteiger partial charge in [-0.15, -0.1) is 0 Å². The molecule has 2 nitrogen and oxygen atoms in total. The Bertz CT molecular complexity index is 608. The van der Waals surface area contributed by atoms with Gasteiger partial charge in [-0.3, -0.25) is 4.79 Å². The summed E-state index contributed by atoms with van der Waals surface area (Å²) >= 11 is 5.83. The Morgan fingerprint density at radius 3 is 2.58 bits per heavy atom. The normalized spacial score (nSPS) is 10.6. The molecule has 0 spiro atoms. The van der Waals surface area contributed by atoms with Crippen LogP contribution in [0, 0.1) is 5.82 Å². The minimum Gasteiger partial charge on any atom is -0.323 e. The van der Waals surface area contributed by atoms with Crippen molar-refractivity contribution >= 4 is 29.3 Å². The van der Waals surface area contributed by atoms with Gasteiger partial charge in [0.25, 0.3) is 0 Å². The number of amides is 1. The summed E-state index contributed by atoms with van der Waals surface area (Å²) < 4.78 is 12.7. The molecular weight excluding hydrogens is 265 g/mol. The number of hydrogen-bond donors (Lipinski definition) is 1. The number of anilines is 1. The molecule has 0 saturated heterocycles. The molecule has 2 aromatic carbocycles. The Balaban J connectivity index is 1.99. The fraction of sp³-hybridized carbons (Fsp3) is 0. The summed E-state index contributed by atoms with van der Waals surface area (Å²) in [5, 5.41) is 3.24. The van der Waals surface area contributed by atoms with E-state index >= 15 is 0 Å². The van der Waals surface area contributed by atoms with Crippen LogP contribution in [0.2, 0.25) is 5.02 Å². The predicted molar refractivity (Wildman–Crippen MR) is 75.5 cm³/mol. The molecule has 1 amide bonds. The first-order chi connectivity index (χ1) is 9.13. The van der Waals surface area contributed by atoms with Crippen LogP contribution >= 0.6 is 11.6 Å². The molecule has 0 heterocycles. The van der Waals surface area contributed by atoms with Crippen molar-refractivity contribution < 1.29 is 9.18 Å². The lowest BCUT2D eigenvalue weighted by Gasteiger charge is -2.01. The van der Waals surface area contributed by atoms with Gasteiger partial charge in [-0.1, -0.05) is 23.7 Å². The van der Waals surface area contributed by atoms with Gasteiger partial charge in [-0.25, -0.2) is 4.39 Å². The molecule has 0 bridgehead atoms. The summed E-state index contributed by atoms with van der Waals surface area (Å²) in [5.41, 5.74) is 1.38. The smallest absolute Gasteiger partial charge is 0.248 e. The summed E-state index contributed by atoms with van der Waals surface area (Å²) in [5.74, 6) is -0.626. The lowest BCUT2D eigenvalue weighted by Crippen LogP contribution is -2.07. The van der Waals surface area contributed by atoms with E-state index in [9.17, 15) is 9.18 Å². The molecule has 1 N–H and O–H groups in total. The van der Waals surface area contributed by atoms with E-state index in [0.717, 1.165) is 5.56 Å². The zero-order chi connectivity index (χ0) is 13.7. The van der Waals surface area contributed by atoms with Crippen LogP contribution in [0.1, 0.15) is 5.56 Å². The number of nitrogens with one attached hydrogen (secondary N) is 1. The van der Waals surface area contributed by atoms with Crippen molar-refractivity contribution in [1.29, 1.82) is 0 Å². The van der Waals surface area contributed by atoms with Gasteiger partial charge in [0, 0.05) is 16.8 Å². The molecule has 0 aliphatic rings. The first-order valence-corrected chi connectivity index (χ1v) is 6.01. The highest BCUT2D eigenvalue weighted by molar-refractivity contribution is 6.30. The highest BCUT2D eigenvalue weighted by atomic mass is 35.5. The average molecular weight is 276 g/mol.